The Kier molecular flexibility index (Phi) is 5.18. The fraction of sp³-hybridized carbons (Fsp3) is 0.263. The zero-order valence-electron chi connectivity index (χ0n) is 14.0. The van der Waals surface area contributed by atoms with Gasteiger partial charge >= 0.3 is 0 Å². The summed E-state index contributed by atoms with van der Waals surface area (Å²) in [6.45, 7) is 2.97. The molecule has 3 rings (SSSR count). The number of ether oxygens (including phenoxy) is 2. The Morgan fingerprint density at radius 1 is 1.16 bits per heavy atom. The molecule has 0 saturated heterocycles. The van der Waals surface area contributed by atoms with E-state index in [1.807, 2.05) is 6.92 Å². The van der Waals surface area contributed by atoms with Gasteiger partial charge in [-0.1, -0.05) is 6.07 Å². The molecule has 2 N–H and O–H groups in total. The molecule has 25 heavy (non-hydrogen) atoms. The van der Waals surface area contributed by atoms with Crippen molar-refractivity contribution < 1.29 is 19.1 Å². The molecule has 1 heterocycles. The van der Waals surface area contributed by atoms with Gasteiger partial charge in [-0.2, -0.15) is 0 Å². The van der Waals surface area contributed by atoms with Gasteiger partial charge < -0.3 is 20.1 Å². The largest absolute Gasteiger partial charge is 0.494 e. The third kappa shape index (κ3) is 4.09. The molecule has 0 bridgehead atoms. The van der Waals surface area contributed by atoms with Crippen LogP contribution < -0.4 is 20.1 Å². The number of fused-ring (bicyclic) bond motifs is 1. The van der Waals surface area contributed by atoms with Gasteiger partial charge in [0.25, 0.3) is 11.8 Å². The Morgan fingerprint density at radius 2 is 1.96 bits per heavy atom. The first-order valence-corrected chi connectivity index (χ1v) is 8.23. The fourth-order valence-corrected chi connectivity index (χ4v) is 2.71. The molecule has 0 aromatic heterocycles. The van der Waals surface area contributed by atoms with Gasteiger partial charge in [0.05, 0.1) is 6.61 Å². The summed E-state index contributed by atoms with van der Waals surface area (Å²) in [5.74, 6) is 0.965. The van der Waals surface area contributed by atoms with Crippen molar-refractivity contribution in [3.63, 3.8) is 0 Å². The van der Waals surface area contributed by atoms with E-state index >= 15 is 0 Å². The quantitative estimate of drug-likeness (QED) is 0.846. The lowest BCUT2D eigenvalue weighted by molar-refractivity contribution is -0.118. The Bertz CT molecular complexity index is 771. The minimum atomic E-state index is -0.262. The van der Waals surface area contributed by atoms with Crippen molar-refractivity contribution in [3.8, 4) is 11.5 Å². The lowest BCUT2D eigenvalue weighted by atomic mass is 9.99. The standard InChI is InChI=1S/C19H20N2O4/c1-2-24-14-8-6-13(7-9-14)21-18(22)12-25-17-5-3-4-16-15(17)10-11-20-19(16)23/h3-9H,2,10-12H2,1H3,(H,20,23)(H,21,22). The molecular formula is C19H20N2O4. The zero-order chi connectivity index (χ0) is 17.6. The van der Waals surface area contributed by atoms with Gasteiger partial charge in [-0.15, -0.1) is 0 Å². The molecule has 0 aliphatic carbocycles. The third-order valence-corrected chi connectivity index (χ3v) is 3.85. The zero-order valence-corrected chi connectivity index (χ0v) is 14.0. The van der Waals surface area contributed by atoms with E-state index in [1.165, 1.54) is 0 Å². The fourth-order valence-electron chi connectivity index (χ4n) is 2.71. The summed E-state index contributed by atoms with van der Waals surface area (Å²) in [4.78, 5) is 23.9. The predicted molar refractivity (Wildman–Crippen MR) is 94.2 cm³/mol. The van der Waals surface area contributed by atoms with E-state index in [9.17, 15) is 9.59 Å². The molecule has 6 nitrogen and oxygen atoms in total. The van der Waals surface area contributed by atoms with Crippen LogP contribution in [0.25, 0.3) is 0 Å². The number of rotatable bonds is 6. The lowest BCUT2D eigenvalue weighted by Gasteiger charge is -2.19. The van der Waals surface area contributed by atoms with Crippen molar-refractivity contribution >= 4 is 17.5 Å². The summed E-state index contributed by atoms with van der Waals surface area (Å²) in [5, 5.41) is 5.56. The topological polar surface area (TPSA) is 76.7 Å². The lowest BCUT2D eigenvalue weighted by Crippen LogP contribution is -2.32. The van der Waals surface area contributed by atoms with Gasteiger partial charge in [-0.3, -0.25) is 9.59 Å². The minimum Gasteiger partial charge on any atom is -0.494 e. The minimum absolute atomic E-state index is 0.106. The van der Waals surface area contributed by atoms with Crippen LogP contribution in [0.2, 0.25) is 0 Å². The van der Waals surface area contributed by atoms with Crippen LogP contribution in [0.5, 0.6) is 11.5 Å². The Labute approximate surface area is 146 Å². The van der Waals surface area contributed by atoms with Gasteiger partial charge in [0.15, 0.2) is 6.61 Å². The molecule has 130 valence electrons. The summed E-state index contributed by atoms with van der Waals surface area (Å²) < 4.78 is 11.0. The van der Waals surface area contributed by atoms with E-state index in [0.29, 0.717) is 36.6 Å². The monoisotopic (exact) mass is 340 g/mol. The van der Waals surface area contributed by atoms with Gasteiger partial charge in [-0.25, -0.2) is 0 Å². The van der Waals surface area contributed by atoms with Crippen LogP contribution in [0.3, 0.4) is 0 Å². The second-order valence-corrected chi connectivity index (χ2v) is 5.58. The molecule has 1 aliphatic heterocycles. The molecule has 0 unspecified atom stereocenters. The molecular weight excluding hydrogens is 320 g/mol. The number of nitrogens with one attached hydrogen (secondary N) is 2. The molecule has 0 fully saturated rings. The normalized spacial score (nSPS) is 12.8. The number of carbonyl (C=O) groups is 2. The Balaban J connectivity index is 1.59. The van der Waals surface area contributed by atoms with Crippen LogP contribution in [-0.2, 0) is 11.2 Å². The number of carbonyl (C=O) groups excluding carboxylic acids is 2. The number of amides is 2. The number of hydrogen-bond acceptors (Lipinski definition) is 4. The highest BCUT2D eigenvalue weighted by Crippen LogP contribution is 2.25. The van der Waals surface area contributed by atoms with E-state index in [-0.39, 0.29) is 18.4 Å². The highest BCUT2D eigenvalue weighted by atomic mass is 16.5. The van der Waals surface area contributed by atoms with Crippen molar-refractivity contribution in [2.45, 2.75) is 13.3 Å². The molecule has 0 spiro atoms. The third-order valence-electron chi connectivity index (χ3n) is 3.85. The highest BCUT2D eigenvalue weighted by molar-refractivity contribution is 5.97. The number of hydrogen-bond donors (Lipinski definition) is 2. The Hall–Kier alpha value is -3.02. The second kappa shape index (κ2) is 7.70. The molecule has 2 aromatic rings. The van der Waals surface area contributed by atoms with Crippen LogP contribution in [0, 0.1) is 0 Å². The molecule has 0 radical (unpaired) electrons. The first kappa shape index (κ1) is 16.8. The first-order chi connectivity index (χ1) is 12.2. The maximum atomic E-state index is 12.1. The van der Waals surface area contributed by atoms with E-state index in [1.54, 1.807) is 42.5 Å². The van der Waals surface area contributed by atoms with E-state index < -0.39 is 0 Å². The average molecular weight is 340 g/mol. The van der Waals surface area contributed by atoms with Crippen molar-refractivity contribution in [1.82, 2.24) is 5.32 Å². The van der Waals surface area contributed by atoms with Crippen molar-refractivity contribution in [3.05, 3.63) is 53.6 Å². The molecule has 2 amide bonds. The molecule has 0 saturated carbocycles. The summed E-state index contributed by atoms with van der Waals surface area (Å²) in [5.41, 5.74) is 2.13. The van der Waals surface area contributed by atoms with E-state index in [4.69, 9.17) is 9.47 Å². The molecule has 6 heteroatoms. The molecule has 2 aromatic carbocycles. The Morgan fingerprint density at radius 3 is 2.72 bits per heavy atom. The maximum absolute atomic E-state index is 12.1. The highest BCUT2D eigenvalue weighted by Gasteiger charge is 2.20. The van der Waals surface area contributed by atoms with E-state index in [2.05, 4.69) is 10.6 Å². The molecule has 1 aliphatic rings. The average Bonchev–Trinajstić information content (AvgIpc) is 2.62. The molecule has 0 atom stereocenters. The van der Waals surface area contributed by atoms with Crippen molar-refractivity contribution in [1.29, 1.82) is 0 Å². The van der Waals surface area contributed by atoms with Crippen molar-refractivity contribution in [2.24, 2.45) is 0 Å². The number of benzene rings is 2. The summed E-state index contributed by atoms with van der Waals surface area (Å²) >= 11 is 0. The summed E-state index contributed by atoms with van der Waals surface area (Å²) in [6.07, 6.45) is 0.692. The van der Waals surface area contributed by atoms with Gasteiger partial charge in [-0.05, 0) is 49.7 Å². The summed E-state index contributed by atoms with van der Waals surface area (Å²) in [6, 6.07) is 12.4. The van der Waals surface area contributed by atoms with Crippen LogP contribution in [-0.4, -0.2) is 31.6 Å². The van der Waals surface area contributed by atoms with Gasteiger partial charge in [0.2, 0.25) is 0 Å². The van der Waals surface area contributed by atoms with E-state index in [0.717, 1.165) is 11.3 Å². The SMILES string of the molecule is CCOc1ccc(NC(=O)COc2cccc3c2CCNC3=O)cc1. The first-order valence-electron chi connectivity index (χ1n) is 8.23. The summed E-state index contributed by atoms with van der Waals surface area (Å²) in [7, 11) is 0. The second-order valence-electron chi connectivity index (χ2n) is 5.58. The maximum Gasteiger partial charge on any atom is 0.262 e. The van der Waals surface area contributed by atoms with Crippen molar-refractivity contribution in [2.75, 3.05) is 25.1 Å². The number of anilines is 1. The smallest absolute Gasteiger partial charge is 0.262 e. The van der Waals surface area contributed by atoms with Crippen LogP contribution in [0.1, 0.15) is 22.8 Å². The van der Waals surface area contributed by atoms with Crippen LogP contribution >= 0.6 is 0 Å². The van der Waals surface area contributed by atoms with Gasteiger partial charge in [0, 0.05) is 23.4 Å². The predicted octanol–water partition coefficient (Wildman–Crippen LogP) is 2.39. The van der Waals surface area contributed by atoms with Gasteiger partial charge in [0.1, 0.15) is 11.5 Å². The van der Waals surface area contributed by atoms with Crippen LogP contribution in [0.4, 0.5) is 5.69 Å². The van der Waals surface area contributed by atoms with Crippen LogP contribution in [0.15, 0.2) is 42.5 Å².